The summed E-state index contributed by atoms with van der Waals surface area (Å²) in [5.74, 6) is -0.117. The number of hydrogen-bond donors (Lipinski definition) is 0. The van der Waals surface area contributed by atoms with Crippen LogP contribution in [0.15, 0.2) is 0 Å². The van der Waals surface area contributed by atoms with Gasteiger partial charge in [0.2, 0.25) is 0 Å². The number of hydrogen-bond acceptors (Lipinski definition) is 3. The van der Waals surface area contributed by atoms with Gasteiger partial charge < -0.3 is 9.47 Å². The van der Waals surface area contributed by atoms with E-state index in [-0.39, 0.29) is 11.4 Å². The normalized spacial score (nSPS) is 20.6. The maximum Gasteiger partial charge on any atom is 0.317 e. The first-order valence-corrected chi connectivity index (χ1v) is 4.69. The number of carbonyl (C=O) groups is 1. The second-order valence-corrected chi connectivity index (χ2v) is 4.55. The number of ether oxygens (including phenoxy) is 2. The minimum atomic E-state index is -0.414. The molecule has 1 heterocycles. The number of carbonyl (C=O) groups excluding carboxylic acids is 1. The maximum absolute atomic E-state index is 11.7. The van der Waals surface area contributed by atoms with Crippen LogP contribution in [0.3, 0.4) is 0 Å². The van der Waals surface area contributed by atoms with Gasteiger partial charge in [0.25, 0.3) is 0 Å². The third-order valence-corrected chi connectivity index (χ3v) is 2.80. The molecule has 0 aromatic carbocycles. The summed E-state index contributed by atoms with van der Waals surface area (Å²) in [5.41, 5.74) is -0.499. The van der Waals surface area contributed by atoms with Gasteiger partial charge in [-0.15, -0.1) is 0 Å². The van der Waals surface area contributed by atoms with E-state index < -0.39 is 5.41 Å². The Morgan fingerprint density at radius 3 is 2.23 bits per heavy atom. The van der Waals surface area contributed by atoms with Crippen molar-refractivity contribution in [2.24, 2.45) is 10.8 Å². The maximum atomic E-state index is 11.7. The summed E-state index contributed by atoms with van der Waals surface area (Å²) >= 11 is 0. The smallest absolute Gasteiger partial charge is 0.317 e. The van der Waals surface area contributed by atoms with Gasteiger partial charge >= 0.3 is 5.97 Å². The standard InChI is InChI=1S/C10H18O3/c1-5-13-8(11)10(6-12-7-10)9(2,3)4/h5-7H2,1-4H3. The highest BCUT2D eigenvalue weighted by Crippen LogP contribution is 2.45. The molecule has 1 saturated heterocycles. The van der Waals surface area contributed by atoms with E-state index in [0.29, 0.717) is 19.8 Å². The highest BCUT2D eigenvalue weighted by molar-refractivity contribution is 5.79. The minimum absolute atomic E-state index is 0.0858. The number of rotatable bonds is 2. The Bertz CT molecular complexity index is 199. The van der Waals surface area contributed by atoms with Gasteiger partial charge in [-0.2, -0.15) is 0 Å². The Hall–Kier alpha value is -0.570. The van der Waals surface area contributed by atoms with Crippen LogP contribution >= 0.6 is 0 Å². The second-order valence-electron chi connectivity index (χ2n) is 4.55. The van der Waals surface area contributed by atoms with Crippen molar-refractivity contribution in [3.05, 3.63) is 0 Å². The van der Waals surface area contributed by atoms with Crippen molar-refractivity contribution in [3.8, 4) is 0 Å². The Labute approximate surface area is 79.4 Å². The van der Waals surface area contributed by atoms with Crippen LogP contribution in [0.5, 0.6) is 0 Å². The van der Waals surface area contributed by atoms with Gasteiger partial charge in [0.05, 0.1) is 19.8 Å². The van der Waals surface area contributed by atoms with E-state index >= 15 is 0 Å². The second kappa shape index (κ2) is 3.29. The molecule has 1 fully saturated rings. The van der Waals surface area contributed by atoms with Crippen molar-refractivity contribution in [2.45, 2.75) is 27.7 Å². The lowest BCUT2D eigenvalue weighted by atomic mass is 9.65. The molecular formula is C10H18O3. The first-order valence-electron chi connectivity index (χ1n) is 4.69. The zero-order valence-corrected chi connectivity index (χ0v) is 8.85. The summed E-state index contributed by atoms with van der Waals surface area (Å²) in [6.07, 6.45) is 0. The summed E-state index contributed by atoms with van der Waals surface area (Å²) in [6.45, 7) is 9.40. The van der Waals surface area contributed by atoms with Crippen molar-refractivity contribution in [3.63, 3.8) is 0 Å². The molecular weight excluding hydrogens is 168 g/mol. The third kappa shape index (κ3) is 1.57. The van der Waals surface area contributed by atoms with Crippen molar-refractivity contribution in [1.29, 1.82) is 0 Å². The lowest BCUT2D eigenvalue weighted by Crippen LogP contribution is -2.57. The van der Waals surface area contributed by atoms with Crippen LogP contribution in [0.4, 0.5) is 0 Å². The molecule has 0 radical (unpaired) electrons. The predicted octanol–water partition coefficient (Wildman–Crippen LogP) is 1.61. The molecule has 3 heteroatoms. The molecule has 0 amide bonds. The first kappa shape index (κ1) is 10.5. The van der Waals surface area contributed by atoms with E-state index in [9.17, 15) is 4.79 Å². The Balaban J connectivity index is 2.76. The monoisotopic (exact) mass is 186 g/mol. The van der Waals surface area contributed by atoms with Crippen LogP contribution in [-0.2, 0) is 14.3 Å². The SMILES string of the molecule is CCOC(=O)C1(C(C)(C)C)COC1. The van der Waals surface area contributed by atoms with E-state index in [0.717, 1.165) is 0 Å². The molecule has 76 valence electrons. The fourth-order valence-electron chi connectivity index (χ4n) is 1.43. The van der Waals surface area contributed by atoms with Crippen LogP contribution in [0.1, 0.15) is 27.7 Å². The molecule has 1 rings (SSSR count). The van der Waals surface area contributed by atoms with Gasteiger partial charge in [-0.05, 0) is 12.3 Å². The molecule has 3 nitrogen and oxygen atoms in total. The van der Waals surface area contributed by atoms with Gasteiger partial charge in [-0.1, -0.05) is 20.8 Å². The zero-order valence-electron chi connectivity index (χ0n) is 8.85. The zero-order chi connectivity index (χ0) is 10.1. The fraction of sp³-hybridized carbons (Fsp3) is 0.900. The average Bonchev–Trinajstić information content (AvgIpc) is 1.80. The van der Waals surface area contributed by atoms with Crippen molar-refractivity contribution in [2.75, 3.05) is 19.8 Å². The lowest BCUT2D eigenvalue weighted by molar-refractivity contribution is -0.208. The molecule has 0 aromatic rings. The van der Waals surface area contributed by atoms with Crippen LogP contribution in [0, 0.1) is 10.8 Å². The van der Waals surface area contributed by atoms with Crippen molar-refractivity contribution >= 4 is 5.97 Å². The molecule has 1 aliphatic heterocycles. The quantitative estimate of drug-likeness (QED) is 0.615. The van der Waals surface area contributed by atoms with Gasteiger partial charge in [-0.3, -0.25) is 4.79 Å². The van der Waals surface area contributed by atoms with E-state index in [1.54, 1.807) is 0 Å². The topological polar surface area (TPSA) is 35.5 Å². The van der Waals surface area contributed by atoms with Gasteiger partial charge in [0.1, 0.15) is 5.41 Å². The van der Waals surface area contributed by atoms with Crippen molar-refractivity contribution in [1.82, 2.24) is 0 Å². The molecule has 0 saturated carbocycles. The predicted molar refractivity (Wildman–Crippen MR) is 49.3 cm³/mol. The Morgan fingerprint density at radius 1 is 1.46 bits per heavy atom. The Kier molecular flexibility index (Phi) is 2.66. The highest BCUT2D eigenvalue weighted by atomic mass is 16.6. The van der Waals surface area contributed by atoms with Crippen LogP contribution in [-0.4, -0.2) is 25.8 Å². The Morgan fingerprint density at radius 2 is 2.00 bits per heavy atom. The minimum Gasteiger partial charge on any atom is -0.465 e. The molecule has 0 N–H and O–H groups in total. The van der Waals surface area contributed by atoms with E-state index in [1.165, 1.54) is 0 Å². The average molecular weight is 186 g/mol. The molecule has 0 unspecified atom stereocenters. The molecule has 1 aliphatic rings. The lowest BCUT2D eigenvalue weighted by Gasteiger charge is -2.48. The largest absolute Gasteiger partial charge is 0.465 e. The fourth-order valence-corrected chi connectivity index (χ4v) is 1.43. The molecule has 0 aliphatic carbocycles. The van der Waals surface area contributed by atoms with Crippen LogP contribution < -0.4 is 0 Å². The van der Waals surface area contributed by atoms with E-state index in [2.05, 4.69) is 0 Å². The molecule has 13 heavy (non-hydrogen) atoms. The summed E-state index contributed by atoms with van der Waals surface area (Å²) in [5, 5.41) is 0. The van der Waals surface area contributed by atoms with Crippen molar-refractivity contribution < 1.29 is 14.3 Å². The van der Waals surface area contributed by atoms with Gasteiger partial charge in [-0.25, -0.2) is 0 Å². The van der Waals surface area contributed by atoms with Gasteiger partial charge in [0, 0.05) is 0 Å². The molecule has 0 spiro atoms. The molecule has 0 aromatic heterocycles. The number of esters is 1. The summed E-state index contributed by atoms with van der Waals surface area (Å²) in [7, 11) is 0. The third-order valence-electron chi connectivity index (χ3n) is 2.80. The first-order chi connectivity index (χ1) is 5.94. The summed E-state index contributed by atoms with van der Waals surface area (Å²) in [6, 6.07) is 0. The highest BCUT2D eigenvalue weighted by Gasteiger charge is 2.55. The summed E-state index contributed by atoms with van der Waals surface area (Å²) < 4.78 is 10.2. The van der Waals surface area contributed by atoms with E-state index in [1.807, 2.05) is 27.7 Å². The molecule has 0 atom stereocenters. The summed E-state index contributed by atoms with van der Waals surface area (Å²) in [4.78, 5) is 11.7. The van der Waals surface area contributed by atoms with Gasteiger partial charge in [0.15, 0.2) is 0 Å². The van der Waals surface area contributed by atoms with Crippen LogP contribution in [0.25, 0.3) is 0 Å². The molecule has 0 bridgehead atoms. The van der Waals surface area contributed by atoms with E-state index in [4.69, 9.17) is 9.47 Å². The van der Waals surface area contributed by atoms with Crippen LogP contribution in [0.2, 0.25) is 0 Å².